The smallest absolute Gasteiger partial charge is 0.192 e. The predicted molar refractivity (Wildman–Crippen MR) is 71.3 cm³/mol. The minimum absolute atomic E-state index is 0.00790. The molecule has 1 heterocycles. The molecule has 0 atom stereocenters. The molecule has 3 rings (SSSR count). The van der Waals surface area contributed by atoms with Crippen molar-refractivity contribution in [3.05, 3.63) is 52.4 Å². The minimum atomic E-state index is -0.00790. The van der Waals surface area contributed by atoms with Gasteiger partial charge in [-0.05, 0) is 42.0 Å². The van der Waals surface area contributed by atoms with Crippen molar-refractivity contribution in [1.82, 2.24) is 0 Å². The lowest BCUT2D eigenvalue weighted by molar-refractivity contribution is 0.415. The van der Waals surface area contributed by atoms with Gasteiger partial charge in [0.25, 0.3) is 0 Å². The summed E-state index contributed by atoms with van der Waals surface area (Å²) in [6.45, 7) is 1.77. The van der Waals surface area contributed by atoms with Crippen molar-refractivity contribution in [3.63, 3.8) is 0 Å². The Morgan fingerprint density at radius 3 is 2.67 bits per heavy atom. The summed E-state index contributed by atoms with van der Waals surface area (Å²) >= 11 is 0. The van der Waals surface area contributed by atoms with E-state index in [1.807, 2.05) is 30.3 Å². The fraction of sp³-hybridized carbons (Fsp3) is 0.133. The molecule has 0 saturated heterocycles. The average molecular weight is 240 g/mol. The van der Waals surface area contributed by atoms with E-state index in [1.54, 1.807) is 14.0 Å². The van der Waals surface area contributed by atoms with Crippen molar-refractivity contribution >= 4 is 21.7 Å². The van der Waals surface area contributed by atoms with E-state index in [0.717, 1.165) is 16.5 Å². The SMILES string of the molecule is COc1ccc2cc3c(=O)cc(C)oc3cc2c1. The van der Waals surface area contributed by atoms with Crippen LogP contribution in [0, 0.1) is 6.92 Å². The highest BCUT2D eigenvalue weighted by molar-refractivity contribution is 5.96. The fourth-order valence-corrected chi connectivity index (χ4v) is 2.12. The second-order valence-corrected chi connectivity index (χ2v) is 4.28. The number of hydrogen-bond acceptors (Lipinski definition) is 3. The monoisotopic (exact) mass is 240 g/mol. The van der Waals surface area contributed by atoms with Gasteiger partial charge in [-0.15, -0.1) is 0 Å². The van der Waals surface area contributed by atoms with E-state index in [-0.39, 0.29) is 5.43 Å². The van der Waals surface area contributed by atoms with Crippen LogP contribution < -0.4 is 10.2 Å². The van der Waals surface area contributed by atoms with Crippen LogP contribution in [0.5, 0.6) is 5.75 Å². The molecular weight excluding hydrogens is 228 g/mol. The standard InChI is InChI=1S/C15H12O3/c1-9-5-14(16)13-7-10-3-4-12(17-2)6-11(10)8-15(13)18-9/h3-8H,1-2H3. The Morgan fingerprint density at radius 2 is 1.89 bits per heavy atom. The van der Waals surface area contributed by atoms with Crippen LogP contribution in [0.25, 0.3) is 21.7 Å². The van der Waals surface area contributed by atoms with Gasteiger partial charge in [0.05, 0.1) is 12.5 Å². The van der Waals surface area contributed by atoms with Crippen LogP contribution in [0.4, 0.5) is 0 Å². The number of rotatable bonds is 1. The van der Waals surface area contributed by atoms with Crippen LogP contribution in [0.1, 0.15) is 5.76 Å². The number of hydrogen-bond donors (Lipinski definition) is 0. The molecule has 18 heavy (non-hydrogen) atoms. The second-order valence-electron chi connectivity index (χ2n) is 4.28. The lowest BCUT2D eigenvalue weighted by Crippen LogP contribution is -2.00. The molecule has 0 aliphatic carbocycles. The molecule has 3 heteroatoms. The molecule has 3 aromatic rings. The Balaban J connectivity index is 2.43. The summed E-state index contributed by atoms with van der Waals surface area (Å²) in [5.74, 6) is 1.41. The van der Waals surface area contributed by atoms with E-state index < -0.39 is 0 Å². The van der Waals surface area contributed by atoms with Crippen LogP contribution in [0.15, 0.2) is 45.6 Å². The molecular formula is C15H12O3. The first-order chi connectivity index (χ1) is 8.67. The molecule has 90 valence electrons. The van der Waals surface area contributed by atoms with E-state index in [0.29, 0.717) is 16.7 Å². The van der Waals surface area contributed by atoms with Crippen molar-refractivity contribution in [2.75, 3.05) is 7.11 Å². The van der Waals surface area contributed by atoms with E-state index in [1.165, 1.54) is 6.07 Å². The van der Waals surface area contributed by atoms with Gasteiger partial charge in [-0.25, -0.2) is 0 Å². The van der Waals surface area contributed by atoms with Crippen molar-refractivity contribution in [1.29, 1.82) is 0 Å². The maximum Gasteiger partial charge on any atom is 0.192 e. The Bertz CT molecular complexity index is 800. The van der Waals surface area contributed by atoms with E-state index in [9.17, 15) is 4.79 Å². The van der Waals surface area contributed by atoms with Gasteiger partial charge < -0.3 is 9.15 Å². The summed E-state index contributed by atoms with van der Waals surface area (Å²) in [6.07, 6.45) is 0. The van der Waals surface area contributed by atoms with Gasteiger partial charge in [0.2, 0.25) is 0 Å². The average Bonchev–Trinajstić information content (AvgIpc) is 2.36. The van der Waals surface area contributed by atoms with Crippen LogP contribution >= 0.6 is 0 Å². The highest BCUT2D eigenvalue weighted by atomic mass is 16.5. The zero-order valence-corrected chi connectivity index (χ0v) is 10.2. The Kier molecular flexibility index (Phi) is 2.33. The highest BCUT2D eigenvalue weighted by Gasteiger charge is 2.05. The fourth-order valence-electron chi connectivity index (χ4n) is 2.12. The van der Waals surface area contributed by atoms with Crippen LogP contribution in [0.2, 0.25) is 0 Å². The van der Waals surface area contributed by atoms with Gasteiger partial charge in [-0.2, -0.15) is 0 Å². The van der Waals surface area contributed by atoms with Crippen molar-refractivity contribution in [2.45, 2.75) is 6.92 Å². The Hall–Kier alpha value is -2.29. The number of methoxy groups -OCH3 is 1. The van der Waals surface area contributed by atoms with Crippen molar-refractivity contribution in [2.24, 2.45) is 0 Å². The first-order valence-corrected chi connectivity index (χ1v) is 5.69. The maximum absolute atomic E-state index is 11.9. The third-order valence-corrected chi connectivity index (χ3v) is 3.02. The molecule has 0 unspecified atom stereocenters. The lowest BCUT2D eigenvalue weighted by atomic mass is 10.1. The van der Waals surface area contributed by atoms with E-state index in [4.69, 9.17) is 9.15 Å². The lowest BCUT2D eigenvalue weighted by Gasteiger charge is -2.04. The summed E-state index contributed by atoms with van der Waals surface area (Å²) < 4.78 is 10.8. The van der Waals surface area contributed by atoms with E-state index >= 15 is 0 Å². The van der Waals surface area contributed by atoms with Gasteiger partial charge in [0, 0.05) is 6.07 Å². The maximum atomic E-state index is 11.9. The Labute approximate surface area is 104 Å². The van der Waals surface area contributed by atoms with Crippen LogP contribution in [0.3, 0.4) is 0 Å². The zero-order chi connectivity index (χ0) is 12.7. The molecule has 3 nitrogen and oxygen atoms in total. The number of benzene rings is 2. The largest absolute Gasteiger partial charge is 0.497 e. The predicted octanol–water partition coefficient (Wildman–Crippen LogP) is 3.26. The first kappa shape index (κ1) is 10.8. The van der Waals surface area contributed by atoms with Gasteiger partial charge in [0.1, 0.15) is 17.1 Å². The molecule has 0 saturated carbocycles. The highest BCUT2D eigenvalue weighted by Crippen LogP contribution is 2.25. The molecule has 0 radical (unpaired) electrons. The molecule has 0 spiro atoms. The summed E-state index contributed by atoms with van der Waals surface area (Å²) in [5, 5.41) is 2.60. The summed E-state index contributed by atoms with van der Waals surface area (Å²) in [6, 6.07) is 11.0. The van der Waals surface area contributed by atoms with Crippen molar-refractivity contribution in [3.8, 4) is 5.75 Å². The first-order valence-electron chi connectivity index (χ1n) is 5.69. The van der Waals surface area contributed by atoms with Gasteiger partial charge in [-0.1, -0.05) is 6.07 Å². The third-order valence-electron chi connectivity index (χ3n) is 3.02. The molecule has 1 aromatic heterocycles. The summed E-state index contributed by atoms with van der Waals surface area (Å²) in [7, 11) is 1.63. The quantitative estimate of drug-likeness (QED) is 0.613. The Morgan fingerprint density at radius 1 is 1.06 bits per heavy atom. The van der Waals surface area contributed by atoms with E-state index in [2.05, 4.69) is 0 Å². The normalized spacial score (nSPS) is 11.0. The van der Waals surface area contributed by atoms with Gasteiger partial charge >= 0.3 is 0 Å². The number of fused-ring (bicyclic) bond motifs is 2. The van der Waals surface area contributed by atoms with Gasteiger partial charge in [0.15, 0.2) is 5.43 Å². The topological polar surface area (TPSA) is 39.4 Å². The molecule has 0 bridgehead atoms. The molecule has 0 N–H and O–H groups in total. The van der Waals surface area contributed by atoms with Gasteiger partial charge in [-0.3, -0.25) is 4.79 Å². The molecule has 2 aromatic carbocycles. The minimum Gasteiger partial charge on any atom is -0.497 e. The zero-order valence-electron chi connectivity index (χ0n) is 10.2. The molecule has 0 fully saturated rings. The molecule has 0 amide bonds. The number of aryl methyl sites for hydroxylation is 1. The molecule has 0 aliphatic heterocycles. The van der Waals surface area contributed by atoms with Crippen molar-refractivity contribution < 1.29 is 9.15 Å². The number of ether oxygens (including phenoxy) is 1. The van der Waals surface area contributed by atoms with Crippen LogP contribution in [-0.2, 0) is 0 Å². The van der Waals surface area contributed by atoms with Crippen LogP contribution in [-0.4, -0.2) is 7.11 Å². The summed E-state index contributed by atoms with van der Waals surface area (Å²) in [4.78, 5) is 11.9. The molecule has 0 aliphatic rings. The summed E-state index contributed by atoms with van der Waals surface area (Å²) in [5.41, 5.74) is 0.604. The second kappa shape index (κ2) is 3.88. The third kappa shape index (κ3) is 1.64.